The number of piperidine rings is 1. The average molecular weight is 283 g/mol. The molecule has 3 heteroatoms. The van der Waals surface area contributed by atoms with Crippen molar-refractivity contribution in [1.29, 1.82) is 0 Å². The molecule has 3 nitrogen and oxygen atoms in total. The van der Waals surface area contributed by atoms with Crippen molar-refractivity contribution >= 4 is 10.9 Å². The Balaban J connectivity index is 1.46. The third-order valence-electron chi connectivity index (χ3n) is 5.28. The van der Waals surface area contributed by atoms with E-state index in [1.165, 1.54) is 61.8 Å². The molecule has 0 radical (unpaired) electrons. The molecule has 2 aliphatic rings. The SMILES string of the molecule is c1ccc2c(CN3CCCC(C4CCCN4)C3)c[nH]c2c1. The molecule has 2 N–H and O–H groups in total. The van der Waals surface area contributed by atoms with Crippen LogP contribution in [0.3, 0.4) is 0 Å². The van der Waals surface area contributed by atoms with Crippen LogP contribution in [0.15, 0.2) is 30.5 Å². The van der Waals surface area contributed by atoms with E-state index in [4.69, 9.17) is 0 Å². The first kappa shape index (κ1) is 13.4. The molecular formula is C18H25N3. The topological polar surface area (TPSA) is 31.1 Å². The van der Waals surface area contributed by atoms with Gasteiger partial charge < -0.3 is 10.3 Å². The monoisotopic (exact) mass is 283 g/mol. The third-order valence-corrected chi connectivity index (χ3v) is 5.28. The van der Waals surface area contributed by atoms with E-state index in [1.807, 2.05) is 0 Å². The Morgan fingerprint density at radius 1 is 1.14 bits per heavy atom. The van der Waals surface area contributed by atoms with Gasteiger partial charge in [-0.15, -0.1) is 0 Å². The van der Waals surface area contributed by atoms with E-state index < -0.39 is 0 Å². The van der Waals surface area contributed by atoms with Crippen LogP contribution in [0, 0.1) is 5.92 Å². The quantitative estimate of drug-likeness (QED) is 0.907. The number of aromatic amines is 1. The lowest BCUT2D eigenvalue weighted by atomic mass is 9.89. The van der Waals surface area contributed by atoms with Crippen LogP contribution in [-0.2, 0) is 6.54 Å². The molecule has 2 unspecified atom stereocenters. The fourth-order valence-electron chi connectivity index (χ4n) is 4.18. The maximum absolute atomic E-state index is 3.70. The number of fused-ring (bicyclic) bond motifs is 1. The van der Waals surface area contributed by atoms with Gasteiger partial charge in [-0.2, -0.15) is 0 Å². The number of nitrogens with one attached hydrogen (secondary N) is 2. The average Bonchev–Trinajstić information content (AvgIpc) is 3.18. The van der Waals surface area contributed by atoms with Crippen LogP contribution in [0.25, 0.3) is 10.9 Å². The molecular weight excluding hydrogens is 258 g/mol. The maximum Gasteiger partial charge on any atom is 0.0457 e. The first-order chi connectivity index (χ1) is 10.4. The van der Waals surface area contributed by atoms with E-state index in [1.54, 1.807) is 0 Å². The van der Waals surface area contributed by atoms with E-state index in [0.29, 0.717) is 0 Å². The summed E-state index contributed by atoms with van der Waals surface area (Å²) in [6.45, 7) is 4.83. The molecule has 1 aromatic heterocycles. The van der Waals surface area contributed by atoms with Crippen LogP contribution >= 0.6 is 0 Å². The Labute approximate surface area is 126 Å². The van der Waals surface area contributed by atoms with Crippen LogP contribution in [0.2, 0.25) is 0 Å². The molecule has 0 bridgehead atoms. The summed E-state index contributed by atoms with van der Waals surface area (Å²) in [6.07, 6.45) is 7.70. The van der Waals surface area contributed by atoms with E-state index in [2.05, 4.69) is 45.7 Å². The van der Waals surface area contributed by atoms with Gasteiger partial charge in [0.1, 0.15) is 0 Å². The van der Waals surface area contributed by atoms with Gasteiger partial charge in [0, 0.05) is 36.2 Å². The first-order valence-electron chi connectivity index (χ1n) is 8.41. The fraction of sp³-hybridized carbons (Fsp3) is 0.556. The van der Waals surface area contributed by atoms with Crippen LogP contribution in [0.4, 0.5) is 0 Å². The summed E-state index contributed by atoms with van der Waals surface area (Å²) in [5, 5.41) is 5.09. The number of benzene rings is 1. The number of aromatic nitrogens is 1. The Morgan fingerprint density at radius 3 is 3.00 bits per heavy atom. The number of likely N-dealkylation sites (tertiary alicyclic amines) is 1. The minimum atomic E-state index is 0.774. The number of para-hydroxylation sites is 1. The van der Waals surface area contributed by atoms with Crippen molar-refractivity contribution in [2.24, 2.45) is 5.92 Å². The Bertz CT molecular complexity index is 597. The first-order valence-corrected chi connectivity index (χ1v) is 8.41. The second kappa shape index (κ2) is 5.82. The van der Waals surface area contributed by atoms with Crippen molar-refractivity contribution in [3.8, 4) is 0 Å². The third kappa shape index (κ3) is 2.72. The maximum atomic E-state index is 3.70. The van der Waals surface area contributed by atoms with E-state index >= 15 is 0 Å². The number of hydrogen-bond acceptors (Lipinski definition) is 2. The predicted molar refractivity (Wildman–Crippen MR) is 87.3 cm³/mol. The van der Waals surface area contributed by atoms with E-state index in [0.717, 1.165) is 18.5 Å². The highest BCUT2D eigenvalue weighted by molar-refractivity contribution is 5.82. The fourth-order valence-corrected chi connectivity index (χ4v) is 4.18. The summed E-state index contributed by atoms with van der Waals surface area (Å²) in [7, 11) is 0. The van der Waals surface area contributed by atoms with Crippen molar-refractivity contribution in [2.45, 2.75) is 38.3 Å². The summed E-state index contributed by atoms with van der Waals surface area (Å²) in [5.41, 5.74) is 2.71. The largest absolute Gasteiger partial charge is 0.361 e. The highest BCUT2D eigenvalue weighted by Crippen LogP contribution is 2.27. The summed E-state index contributed by atoms with van der Waals surface area (Å²) in [6, 6.07) is 9.42. The van der Waals surface area contributed by atoms with Crippen LogP contribution in [-0.4, -0.2) is 35.6 Å². The molecule has 21 heavy (non-hydrogen) atoms. The Morgan fingerprint density at radius 2 is 2.10 bits per heavy atom. The van der Waals surface area contributed by atoms with Crippen LogP contribution < -0.4 is 5.32 Å². The molecule has 4 rings (SSSR count). The summed E-state index contributed by atoms with van der Waals surface area (Å²) >= 11 is 0. The molecule has 2 atom stereocenters. The van der Waals surface area contributed by atoms with Crippen molar-refractivity contribution in [1.82, 2.24) is 15.2 Å². The number of hydrogen-bond donors (Lipinski definition) is 2. The van der Waals surface area contributed by atoms with Crippen LogP contribution in [0.5, 0.6) is 0 Å². The Hall–Kier alpha value is -1.32. The van der Waals surface area contributed by atoms with Gasteiger partial charge >= 0.3 is 0 Å². The molecule has 0 spiro atoms. The lowest BCUT2D eigenvalue weighted by Crippen LogP contribution is -2.43. The van der Waals surface area contributed by atoms with Crippen LogP contribution in [0.1, 0.15) is 31.2 Å². The zero-order valence-corrected chi connectivity index (χ0v) is 12.6. The van der Waals surface area contributed by atoms with Gasteiger partial charge in [-0.05, 0) is 56.3 Å². The highest BCUT2D eigenvalue weighted by Gasteiger charge is 2.29. The molecule has 2 aliphatic heterocycles. The van der Waals surface area contributed by atoms with Gasteiger partial charge in [-0.1, -0.05) is 18.2 Å². The minimum Gasteiger partial charge on any atom is -0.361 e. The number of nitrogens with zero attached hydrogens (tertiary/aromatic N) is 1. The number of H-pyrrole nitrogens is 1. The standard InChI is InChI=1S/C18H25N3/c1-2-7-18-16(6-1)15(11-20-18)13-21-10-4-5-14(12-21)17-8-3-9-19-17/h1-2,6-7,11,14,17,19-20H,3-5,8-10,12-13H2. The molecule has 2 fully saturated rings. The molecule has 2 aromatic rings. The highest BCUT2D eigenvalue weighted by atomic mass is 15.1. The van der Waals surface area contributed by atoms with Crippen molar-refractivity contribution in [3.63, 3.8) is 0 Å². The van der Waals surface area contributed by atoms with Gasteiger partial charge in [0.15, 0.2) is 0 Å². The molecule has 112 valence electrons. The number of rotatable bonds is 3. The summed E-state index contributed by atoms with van der Waals surface area (Å²) in [5.74, 6) is 0.853. The second-order valence-electron chi connectivity index (χ2n) is 6.70. The second-order valence-corrected chi connectivity index (χ2v) is 6.70. The molecule has 0 saturated carbocycles. The molecule has 2 saturated heterocycles. The van der Waals surface area contributed by atoms with Gasteiger partial charge in [0.05, 0.1) is 0 Å². The van der Waals surface area contributed by atoms with Crippen molar-refractivity contribution in [3.05, 3.63) is 36.0 Å². The summed E-state index contributed by atoms with van der Waals surface area (Å²) < 4.78 is 0. The molecule has 1 aromatic carbocycles. The van der Waals surface area contributed by atoms with Crippen molar-refractivity contribution in [2.75, 3.05) is 19.6 Å². The lowest BCUT2D eigenvalue weighted by Gasteiger charge is -2.35. The van der Waals surface area contributed by atoms with Gasteiger partial charge in [0.25, 0.3) is 0 Å². The van der Waals surface area contributed by atoms with Gasteiger partial charge in [-0.3, -0.25) is 4.90 Å². The summed E-state index contributed by atoms with van der Waals surface area (Å²) in [4.78, 5) is 6.06. The smallest absolute Gasteiger partial charge is 0.0457 e. The zero-order chi connectivity index (χ0) is 14.1. The van der Waals surface area contributed by atoms with E-state index in [-0.39, 0.29) is 0 Å². The lowest BCUT2D eigenvalue weighted by molar-refractivity contribution is 0.146. The zero-order valence-electron chi connectivity index (χ0n) is 12.6. The molecule has 0 aliphatic carbocycles. The predicted octanol–water partition coefficient (Wildman–Crippen LogP) is 3.13. The van der Waals surface area contributed by atoms with Gasteiger partial charge in [0.2, 0.25) is 0 Å². The molecule has 3 heterocycles. The minimum absolute atomic E-state index is 0.774. The van der Waals surface area contributed by atoms with E-state index in [9.17, 15) is 0 Å². The molecule has 0 amide bonds. The van der Waals surface area contributed by atoms with Crippen molar-refractivity contribution < 1.29 is 0 Å². The Kier molecular flexibility index (Phi) is 3.70. The normalized spacial score (nSPS) is 27.4. The van der Waals surface area contributed by atoms with Gasteiger partial charge in [-0.25, -0.2) is 0 Å².